The van der Waals surface area contributed by atoms with Gasteiger partial charge in [0.25, 0.3) is 0 Å². The van der Waals surface area contributed by atoms with Gasteiger partial charge in [0.05, 0.1) is 24.2 Å². The number of hydrogen-bond donors (Lipinski definition) is 0. The molecule has 1 fully saturated rings. The molecule has 1 aliphatic heterocycles. The van der Waals surface area contributed by atoms with Gasteiger partial charge in [-0.3, -0.25) is 9.69 Å². The second-order valence-corrected chi connectivity index (χ2v) is 6.47. The van der Waals surface area contributed by atoms with Crippen LogP contribution in [0.25, 0.3) is 0 Å². The standard InChI is InChI=1S/C18H20F3N3O2/c1-13-9-16(26-22-13)12-23-5-7-24(8-6-23)17(25)11-14-3-2-4-15(10-14)18(19,20)21/h2-4,9-10H,5-8,11-12H2,1H3. The Labute approximate surface area is 149 Å². The number of alkyl halides is 3. The van der Waals surface area contributed by atoms with Gasteiger partial charge in [0.2, 0.25) is 5.91 Å². The lowest BCUT2D eigenvalue weighted by Crippen LogP contribution is -2.48. The summed E-state index contributed by atoms with van der Waals surface area (Å²) in [6, 6.07) is 6.82. The maximum Gasteiger partial charge on any atom is 0.416 e. The minimum Gasteiger partial charge on any atom is -0.360 e. The lowest BCUT2D eigenvalue weighted by Gasteiger charge is -2.34. The Morgan fingerprint density at radius 2 is 1.92 bits per heavy atom. The quantitative estimate of drug-likeness (QED) is 0.834. The fourth-order valence-corrected chi connectivity index (χ4v) is 3.01. The third-order valence-electron chi connectivity index (χ3n) is 4.39. The zero-order chi connectivity index (χ0) is 18.7. The van der Waals surface area contributed by atoms with E-state index < -0.39 is 11.7 Å². The van der Waals surface area contributed by atoms with E-state index in [2.05, 4.69) is 10.1 Å². The summed E-state index contributed by atoms with van der Waals surface area (Å²) in [5.74, 6) is 0.630. The number of aromatic nitrogens is 1. The molecule has 2 aromatic rings. The lowest BCUT2D eigenvalue weighted by molar-refractivity contribution is -0.138. The Balaban J connectivity index is 1.52. The van der Waals surface area contributed by atoms with Crippen molar-refractivity contribution in [3.63, 3.8) is 0 Å². The minimum absolute atomic E-state index is 0.0226. The number of carbonyl (C=O) groups is 1. The first-order valence-electron chi connectivity index (χ1n) is 8.40. The van der Waals surface area contributed by atoms with Gasteiger partial charge in [-0.25, -0.2) is 0 Å². The first-order chi connectivity index (χ1) is 12.3. The summed E-state index contributed by atoms with van der Waals surface area (Å²) in [4.78, 5) is 16.3. The molecule has 0 saturated carbocycles. The zero-order valence-electron chi connectivity index (χ0n) is 14.4. The predicted molar refractivity (Wildman–Crippen MR) is 88.2 cm³/mol. The Morgan fingerprint density at radius 3 is 2.54 bits per heavy atom. The Bertz CT molecular complexity index is 765. The van der Waals surface area contributed by atoms with Gasteiger partial charge in [0.15, 0.2) is 5.76 Å². The van der Waals surface area contributed by atoms with Gasteiger partial charge in [-0.05, 0) is 18.6 Å². The Morgan fingerprint density at radius 1 is 1.19 bits per heavy atom. The summed E-state index contributed by atoms with van der Waals surface area (Å²) in [6.45, 7) is 4.96. The zero-order valence-corrected chi connectivity index (χ0v) is 14.4. The third-order valence-corrected chi connectivity index (χ3v) is 4.39. The largest absolute Gasteiger partial charge is 0.416 e. The van der Waals surface area contributed by atoms with Crippen molar-refractivity contribution in [2.75, 3.05) is 26.2 Å². The van der Waals surface area contributed by atoms with Crippen LogP contribution in [0.3, 0.4) is 0 Å². The van der Waals surface area contributed by atoms with Gasteiger partial charge in [-0.1, -0.05) is 23.4 Å². The monoisotopic (exact) mass is 367 g/mol. The van der Waals surface area contributed by atoms with E-state index in [0.29, 0.717) is 38.3 Å². The third kappa shape index (κ3) is 4.63. The van der Waals surface area contributed by atoms with Crippen LogP contribution in [-0.4, -0.2) is 47.0 Å². The van der Waals surface area contributed by atoms with Crippen LogP contribution < -0.4 is 0 Å². The normalized spacial score (nSPS) is 16.1. The molecule has 0 aliphatic carbocycles. The number of halogens is 3. The molecule has 140 valence electrons. The van der Waals surface area contributed by atoms with Gasteiger partial charge in [0.1, 0.15) is 0 Å². The number of rotatable bonds is 4. The summed E-state index contributed by atoms with van der Waals surface area (Å²) >= 11 is 0. The van der Waals surface area contributed by atoms with Crippen LogP contribution >= 0.6 is 0 Å². The maximum atomic E-state index is 12.8. The van der Waals surface area contributed by atoms with E-state index in [4.69, 9.17) is 4.52 Å². The van der Waals surface area contributed by atoms with Crippen molar-refractivity contribution in [3.8, 4) is 0 Å². The fraction of sp³-hybridized carbons (Fsp3) is 0.444. The molecule has 1 saturated heterocycles. The molecule has 1 aromatic carbocycles. The van der Waals surface area contributed by atoms with E-state index >= 15 is 0 Å². The second kappa shape index (κ2) is 7.49. The average Bonchev–Trinajstić information content (AvgIpc) is 3.00. The van der Waals surface area contributed by atoms with Gasteiger partial charge in [-0.15, -0.1) is 0 Å². The van der Waals surface area contributed by atoms with E-state index in [1.165, 1.54) is 6.07 Å². The van der Waals surface area contributed by atoms with Crippen molar-refractivity contribution in [2.24, 2.45) is 0 Å². The highest BCUT2D eigenvalue weighted by Crippen LogP contribution is 2.29. The van der Waals surface area contributed by atoms with E-state index in [0.717, 1.165) is 23.6 Å². The average molecular weight is 367 g/mol. The molecule has 26 heavy (non-hydrogen) atoms. The van der Waals surface area contributed by atoms with Crippen molar-refractivity contribution in [2.45, 2.75) is 26.1 Å². The van der Waals surface area contributed by atoms with Gasteiger partial charge in [0, 0.05) is 32.2 Å². The van der Waals surface area contributed by atoms with Crippen molar-refractivity contribution < 1.29 is 22.5 Å². The molecule has 1 amide bonds. The smallest absolute Gasteiger partial charge is 0.360 e. The number of benzene rings is 1. The van der Waals surface area contributed by atoms with Crippen molar-refractivity contribution in [3.05, 3.63) is 52.9 Å². The number of hydrogen-bond acceptors (Lipinski definition) is 4. The summed E-state index contributed by atoms with van der Waals surface area (Å²) in [7, 11) is 0. The topological polar surface area (TPSA) is 49.6 Å². The van der Waals surface area contributed by atoms with E-state index in [1.807, 2.05) is 13.0 Å². The van der Waals surface area contributed by atoms with Crippen molar-refractivity contribution in [1.29, 1.82) is 0 Å². The second-order valence-electron chi connectivity index (χ2n) is 6.47. The van der Waals surface area contributed by atoms with Crippen LogP contribution in [0.4, 0.5) is 13.2 Å². The van der Waals surface area contributed by atoms with E-state index in [1.54, 1.807) is 11.0 Å². The maximum absolute atomic E-state index is 12.8. The number of piperazine rings is 1. The summed E-state index contributed by atoms with van der Waals surface area (Å²) in [5.41, 5.74) is 0.481. The highest BCUT2D eigenvalue weighted by molar-refractivity contribution is 5.79. The summed E-state index contributed by atoms with van der Waals surface area (Å²) in [6.07, 6.45) is -4.42. The molecule has 1 aliphatic rings. The molecule has 0 bridgehead atoms. The highest BCUT2D eigenvalue weighted by Gasteiger charge is 2.30. The molecular weight excluding hydrogens is 347 g/mol. The molecule has 0 N–H and O–H groups in total. The molecule has 5 nitrogen and oxygen atoms in total. The Kier molecular flexibility index (Phi) is 5.31. The van der Waals surface area contributed by atoms with Crippen LogP contribution in [0, 0.1) is 6.92 Å². The lowest BCUT2D eigenvalue weighted by atomic mass is 10.1. The number of amides is 1. The van der Waals surface area contributed by atoms with Gasteiger partial charge >= 0.3 is 6.18 Å². The highest BCUT2D eigenvalue weighted by atomic mass is 19.4. The SMILES string of the molecule is Cc1cc(CN2CCN(C(=O)Cc3cccc(C(F)(F)F)c3)CC2)on1. The molecule has 8 heteroatoms. The van der Waals surface area contributed by atoms with Gasteiger partial charge in [-0.2, -0.15) is 13.2 Å². The molecule has 0 spiro atoms. The van der Waals surface area contributed by atoms with Crippen molar-refractivity contribution in [1.82, 2.24) is 15.0 Å². The molecule has 1 aromatic heterocycles. The predicted octanol–water partition coefficient (Wildman–Crippen LogP) is 2.89. The summed E-state index contributed by atoms with van der Waals surface area (Å²) in [5, 5.41) is 3.85. The Hall–Kier alpha value is -2.35. The van der Waals surface area contributed by atoms with Crippen molar-refractivity contribution >= 4 is 5.91 Å². The van der Waals surface area contributed by atoms with Crippen LogP contribution in [0.2, 0.25) is 0 Å². The molecule has 0 radical (unpaired) electrons. The number of aryl methyl sites for hydroxylation is 1. The van der Waals surface area contributed by atoms with Crippen LogP contribution in [0.1, 0.15) is 22.6 Å². The van der Waals surface area contributed by atoms with E-state index in [9.17, 15) is 18.0 Å². The van der Waals surface area contributed by atoms with Gasteiger partial charge < -0.3 is 9.42 Å². The molecule has 3 rings (SSSR count). The van der Waals surface area contributed by atoms with Crippen LogP contribution in [0.5, 0.6) is 0 Å². The molecular formula is C18H20F3N3O2. The molecule has 0 atom stereocenters. The molecule has 0 unspecified atom stereocenters. The van der Waals surface area contributed by atoms with Crippen LogP contribution in [-0.2, 0) is 23.9 Å². The summed E-state index contributed by atoms with van der Waals surface area (Å²) < 4.78 is 43.5. The fourth-order valence-electron chi connectivity index (χ4n) is 3.01. The minimum atomic E-state index is -4.40. The van der Waals surface area contributed by atoms with Crippen LogP contribution in [0.15, 0.2) is 34.9 Å². The first kappa shape index (κ1) is 18.4. The number of nitrogens with zero attached hydrogens (tertiary/aromatic N) is 3. The van der Waals surface area contributed by atoms with E-state index in [-0.39, 0.29) is 12.3 Å². The molecule has 2 heterocycles. The number of carbonyl (C=O) groups excluding carboxylic acids is 1. The first-order valence-corrected chi connectivity index (χ1v) is 8.40.